The van der Waals surface area contributed by atoms with Crippen molar-refractivity contribution in [3.8, 4) is 17.6 Å². The van der Waals surface area contributed by atoms with Crippen molar-refractivity contribution in [3.63, 3.8) is 0 Å². The lowest BCUT2D eigenvalue weighted by Crippen LogP contribution is -2.03. The minimum Gasteiger partial charge on any atom is -0.496 e. The highest BCUT2D eigenvalue weighted by molar-refractivity contribution is 5.85. The van der Waals surface area contributed by atoms with Crippen LogP contribution in [0.3, 0.4) is 0 Å². The summed E-state index contributed by atoms with van der Waals surface area (Å²) in [6, 6.07) is 2.04. The third kappa shape index (κ3) is 1.61. The second-order valence-electron chi connectivity index (χ2n) is 3.33. The third-order valence-electron chi connectivity index (χ3n) is 2.57. The van der Waals surface area contributed by atoms with Gasteiger partial charge >= 0.3 is 0 Å². The van der Waals surface area contributed by atoms with E-state index in [2.05, 4.69) is 0 Å². The molecule has 0 amide bonds. The van der Waals surface area contributed by atoms with Gasteiger partial charge in [-0.15, -0.1) is 0 Å². The van der Waals surface area contributed by atoms with Crippen molar-refractivity contribution in [2.45, 2.75) is 13.8 Å². The van der Waals surface area contributed by atoms with Gasteiger partial charge < -0.3 is 9.47 Å². The van der Waals surface area contributed by atoms with Crippen molar-refractivity contribution in [3.05, 3.63) is 22.3 Å². The first-order valence-corrected chi connectivity index (χ1v) is 4.72. The molecule has 0 heterocycles. The van der Waals surface area contributed by atoms with Gasteiger partial charge in [0.05, 0.1) is 25.3 Å². The van der Waals surface area contributed by atoms with Crippen LogP contribution in [0.5, 0.6) is 11.5 Å². The highest BCUT2D eigenvalue weighted by Gasteiger charge is 2.20. The Balaban J connectivity index is 3.76. The van der Waals surface area contributed by atoms with Gasteiger partial charge in [0.15, 0.2) is 6.29 Å². The predicted octanol–water partition coefficient (Wildman–Crippen LogP) is 2.00. The fourth-order valence-corrected chi connectivity index (χ4v) is 1.76. The zero-order valence-corrected chi connectivity index (χ0v) is 9.75. The largest absolute Gasteiger partial charge is 0.496 e. The Morgan fingerprint density at radius 1 is 1.12 bits per heavy atom. The lowest BCUT2D eigenvalue weighted by molar-refractivity contribution is 0.111. The molecule has 0 spiro atoms. The Bertz CT molecular complexity index is 469. The normalized spacial score (nSPS) is 9.44. The third-order valence-corrected chi connectivity index (χ3v) is 2.57. The second kappa shape index (κ2) is 4.67. The summed E-state index contributed by atoms with van der Waals surface area (Å²) in [7, 11) is 2.98. The van der Waals surface area contributed by atoms with E-state index in [0.29, 0.717) is 40.0 Å². The highest BCUT2D eigenvalue weighted by atomic mass is 16.5. The Labute approximate surface area is 94.4 Å². The Hall–Kier alpha value is -2.02. The number of benzene rings is 1. The van der Waals surface area contributed by atoms with Crippen LogP contribution in [0.2, 0.25) is 0 Å². The molecule has 0 saturated heterocycles. The average Bonchev–Trinajstić information content (AvgIpc) is 2.30. The summed E-state index contributed by atoms with van der Waals surface area (Å²) in [4.78, 5) is 11.0. The molecule has 84 valence electrons. The molecule has 0 aliphatic heterocycles. The minimum absolute atomic E-state index is 0.378. The predicted molar refractivity (Wildman–Crippen MR) is 59.1 cm³/mol. The summed E-state index contributed by atoms with van der Waals surface area (Å²) in [5.74, 6) is 0.922. The number of methoxy groups -OCH3 is 2. The summed E-state index contributed by atoms with van der Waals surface area (Å²) in [5, 5.41) is 9.05. The topological polar surface area (TPSA) is 59.3 Å². The summed E-state index contributed by atoms with van der Waals surface area (Å²) in [5.41, 5.74) is 2.02. The van der Waals surface area contributed by atoms with E-state index in [0.717, 1.165) is 0 Å². The van der Waals surface area contributed by atoms with Crippen LogP contribution < -0.4 is 9.47 Å². The maximum atomic E-state index is 11.0. The second-order valence-corrected chi connectivity index (χ2v) is 3.33. The van der Waals surface area contributed by atoms with Gasteiger partial charge in [0.1, 0.15) is 17.6 Å². The van der Waals surface area contributed by atoms with Crippen LogP contribution >= 0.6 is 0 Å². The molecule has 0 radical (unpaired) electrons. The summed E-state index contributed by atoms with van der Waals surface area (Å²) in [6.07, 6.45) is 0.696. The zero-order chi connectivity index (χ0) is 12.3. The first-order valence-electron chi connectivity index (χ1n) is 4.72. The van der Waals surface area contributed by atoms with E-state index in [1.807, 2.05) is 6.07 Å². The number of nitriles is 1. The van der Waals surface area contributed by atoms with Gasteiger partial charge in [0, 0.05) is 5.56 Å². The molecule has 0 aliphatic rings. The SMILES string of the molecule is COc1c(C)c(OC)c(C=O)c(C)c1C#N. The number of carbonyl (C=O) groups is 1. The van der Waals surface area contributed by atoms with Crippen molar-refractivity contribution < 1.29 is 14.3 Å². The lowest BCUT2D eigenvalue weighted by Gasteiger charge is -2.16. The maximum absolute atomic E-state index is 11.0. The van der Waals surface area contributed by atoms with Crippen molar-refractivity contribution in [1.82, 2.24) is 0 Å². The number of carbonyl (C=O) groups excluding carboxylic acids is 1. The van der Waals surface area contributed by atoms with Crippen molar-refractivity contribution >= 4 is 6.29 Å². The standard InChI is InChI=1S/C12H13NO3/c1-7-9(5-13)11(15-3)8(2)12(16-4)10(7)6-14/h6H,1-4H3. The summed E-state index contributed by atoms with van der Waals surface area (Å²) < 4.78 is 10.3. The number of aldehydes is 1. The minimum atomic E-state index is 0.378. The van der Waals surface area contributed by atoms with Gasteiger partial charge in [-0.3, -0.25) is 4.79 Å². The molecule has 0 aromatic heterocycles. The molecule has 0 aliphatic carbocycles. The van der Waals surface area contributed by atoms with Gasteiger partial charge in [0.2, 0.25) is 0 Å². The van der Waals surface area contributed by atoms with E-state index < -0.39 is 0 Å². The van der Waals surface area contributed by atoms with E-state index >= 15 is 0 Å². The van der Waals surface area contributed by atoms with Gasteiger partial charge in [0.25, 0.3) is 0 Å². The highest BCUT2D eigenvalue weighted by Crippen LogP contribution is 2.36. The number of rotatable bonds is 3. The molecule has 4 heteroatoms. The average molecular weight is 219 g/mol. The van der Waals surface area contributed by atoms with E-state index in [4.69, 9.17) is 14.7 Å². The molecule has 16 heavy (non-hydrogen) atoms. The molecule has 1 aromatic rings. The first kappa shape index (κ1) is 12.1. The van der Waals surface area contributed by atoms with Crippen LogP contribution in [0, 0.1) is 25.2 Å². The van der Waals surface area contributed by atoms with Gasteiger partial charge in [-0.1, -0.05) is 0 Å². The summed E-state index contributed by atoms with van der Waals surface area (Å²) in [6.45, 7) is 3.46. The molecular formula is C12H13NO3. The van der Waals surface area contributed by atoms with Crippen LogP contribution in [0.1, 0.15) is 27.0 Å². The molecule has 1 aromatic carbocycles. The Morgan fingerprint density at radius 2 is 1.69 bits per heavy atom. The molecule has 0 saturated carbocycles. The van der Waals surface area contributed by atoms with Crippen molar-refractivity contribution in [2.75, 3.05) is 14.2 Å². The molecule has 4 nitrogen and oxygen atoms in total. The van der Waals surface area contributed by atoms with Gasteiger partial charge in [-0.25, -0.2) is 0 Å². The zero-order valence-electron chi connectivity index (χ0n) is 9.75. The van der Waals surface area contributed by atoms with Crippen LogP contribution in [-0.2, 0) is 0 Å². The Morgan fingerprint density at radius 3 is 2.06 bits per heavy atom. The molecule has 1 rings (SSSR count). The van der Waals surface area contributed by atoms with Crippen LogP contribution in [0.25, 0.3) is 0 Å². The number of hydrogen-bond acceptors (Lipinski definition) is 4. The van der Waals surface area contributed by atoms with E-state index in [9.17, 15) is 4.79 Å². The fraction of sp³-hybridized carbons (Fsp3) is 0.333. The molecule has 0 unspecified atom stereocenters. The fourth-order valence-electron chi connectivity index (χ4n) is 1.76. The molecule has 0 fully saturated rings. The Kier molecular flexibility index (Phi) is 3.51. The van der Waals surface area contributed by atoms with E-state index in [1.54, 1.807) is 13.8 Å². The van der Waals surface area contributed by atoms with Gasteiger partial charge in [-0.2, -0.15) is 5.26 Å². The van der Waals surface area contributed by atoms with Crippen LogP contribution in [0.4, 0.5) is 0 Å². The lowest BCUT2D eigenvalue weighted by atomic mass is 9.97. The molecular weight excluding hydrogens is 206 g/mol. The number of hydrogen-bond donors (Lipinski definition) is 0. The molecule has 0 N–H and O–H groups in total. The van der Waals surface area contributed by atoms with E-state index in [-0.39, 0.29) is 0 Å². The van der Waals surface area contributed by atoms with Crippen LogP contribution in [-0.4, -0.2) is 20.5 Å². The smallest absolute Gasteiger partial charge is 0.154 e. The number of nitrogens with zero attached hydrogens (tertiary/aromatic N) is 1. The molecule has 0 bridgehead atoms. The summed E-state index contributed by atoms with van der Waals surface area (Å²) >= 11 is 0. The quantitative estimate of drug-likeness (QED) is 0.729. The van der Waals surface area contributed by atoms with Crippen LogP contribution in [0.15, 0.2) is 0 Å². The number of ether oxygens (including phenoxy) is 2. The van der Waals surface area contributed by atoms with Gasteiger partial charge in [-0.05, 0) is 19.4 Å². The first-order chi connectivity index (χ1) is 7.62. The molecule has 0 atom stereocenters. The maximum Gasteiger partial charge on any atom is 0.154 e. The van der Waals surface area contributed by atoms with E-state index in [1.165, 1.54) is 14.2 Å². The van der Waals surface area contributed by atoms with Crippen molar-refractivity contribution in [1.29, 1.82) is 5.26 Å². The van der Waals surface area contributed by atoms with Crippen molar-refractivity contribution in [2.24, 2.45) is 0 Å². The monoisotopic (exact) mass is 219 g/mol.